The van der Waals surface area contributed by atoms with E-state index in [0.717, 1.165) is 22.5 Å². The zero-order valence-electron chi connectivity index (χ0n) is 14.2. The summed E-state index contributed by atoms with van der Waals surface area (Å²) in [6.45, 7) is 4.10. The number of sulfone groups is 1. The number of aryl methyl sites for hydroxylation is 2. The Morgan fingerprint density at radius 2 is 1.40 bits per heavy atom. The zero-order valence-corrected chi connectivity index (χ0v) is 15.8. The van der Waals surface area contributed by atoms with E-state index in [2.05, 4.69) is 18.2 Å². The molecule has 0 aliphatic carbocycles. The monoisotopic (exact) mass is 372 g/mol. The van der Waals surface area contributed by atoms with Gasteiger partial charge in [0.2, 0.25) is 0 Å². The fourth-order valence-corrected chi connectivity index (χ4v) is 6.39. The first kappa shape index (κ1) is 16.5. The van der Waals surface area contributed by atoms with Gasteiger partial charge >= 0.3 is 0 Å². The predicted molar refractivity (Wildman–Crippen MR) is 106 cm³/mol. The smallest absolute Gasteiger partial charge is 0.181 e. The number of hydrogen-bond donors (Lipinski definition) is 0. The van der Waals surface area contributed by atoms with E-state index in [-0.39, 0.29) is 23.6 Å². The van der Waals surface area contributed by atoms with Gasteiger partial charge in [-0.05, 0) is 61.5 Å². The van der Waals surface area contributed by atoms with Crippen molar-refractivity contribution in [3.05, 3.63) is 59.7 Å². The molecule has 0 bridgehead atoms. The number of anilines is 2. The van der Waals surface area contributed by atoms with Crippen molar-refractivity contribution in [1.29, 1.82) is 0 Å². The van der Waals surface area contributed by atoms with Crippen LogP contribution in [0.15, 0.2) is 48.5 Å². The van der Waals surface area contributed by atoms with Gasteiger partial charge in [0.25, 0.3) is 0 Å². The van der Waals surface area contributed by atoms with Crippen LogP contribution >= 0.6 is 12.2 Å². The molecule has 4 nitrogen and oxygen atoms in total. The summed E-state index contributed by atoms with van der Waals surface area (Å²) in [4.78, 5) is 4.06. The summed E-state index contributed by atoms with van der Waals surface area (Å²) in [5.41, 5.74) is 4.22. The molecule has 25 heavy (non-hydrogen) atoms. The first-order valence-corrected chi connectivity index (χ1v) is 10.5. The molecular formula is C19H20N2O2S2. The van der Waals surface area contributed by atoms with Crippen LogP contribution < -0.4 is 9.80 Å². The number of rotatable bonds is 2. The first-order chi connectivity index (χ1) is 11.9. The lowest BCUT2D eigenvalue weighted by molar-refractivity contribution is 0.601. The fourth-order valence-electron chi connectivity index (χ4n) is 3.99. The second-order valence-corrected chi connectivity index (χ2v) is 9.43. The van der Waals surface area contributed by atoms with E-state index in [1.54, 1.807) is 0 Å². The largest absolute Gasteiger partial charge is 0.312 e. The van der Waals surface area contributed by atoms with Gasteiger partial charge in [-0.3, -0.25) is 0 Å². The highest BCUT2D eigenvalue weighted by Gasteiger charge is 2.52. The second-order valence-electron chi connectivity index (χ2n) is 6.92. The highest BCUT2D eigenvalue weighted by Crippen LogP contribution is 2.38. The number of nitrogens with zero attached hydrogens (tertiary/aromatic N) is 2. The van der Waals surface area contributed by atoms with Gasteiger partial charge < -0.3 is 9.80 Å². The number of fused-ring (bicyclic) bond motifs is 1. The quantitative estimate of drug-likeness (QED) is 0.758. The summed E-state index contributed by atoms with van der Waals surface area (Å²) in [5, 5.41) is 0.682. The fraction of sp³-hybridized carbons (Fsp3) is 0.316. The third-order valence-electron chi connectivity index (χ3n) is 4.89. The molecule has 0 radical (unpaired) electrons. The van der Waals surface area contributed by atoms with Crippen LogP contribution in [0.5, 0.6) is 0 Å². The van der Waals surface area contributed by atoms with Crippen LogP contribution in [-0.4, -0.2) is 37.1 Å². The maximum Gasteiger partial charge on any atom is 0.181 e. The van der Waals surface area contributed by atoms with Crippen molar-refractivity contribution in [3.8, 4) is 0 Å². The van der Waals surface area contributed by atoms with E-state index in [4.69, 9.17) is 12.2 Å². The van der Waals surface area contributed by atoms with Crippen LogP contribution in [0.2, 0.25) is 0 Å². The summed E-state index contributed by atoms with van der Waals surface area (Å²) < 4.78 is 24.7. The van der Waals surface area contributed by atoms with Crippen molar-refractivity contribution < 1.29 is 8.42 Å². The third-order valence-corrected chi connectivity index (χ3v) is 6.98. The average Bonchev–Trinajstić information content (AvgIpc) is 2.95. The minimum absolute atomic E-state index is 0.138. The predicted octanol–water partition coefficient (Wildman–Crippen LogP) is 3.08. The molecule has 2 aliphatic rings. The normalized spacial score (nSPS) is 24.6. The highest BCUT2D eigenvalue weighted by molar-refractivity contribution is 7.91. The van der Waals surface area contributed by atoms with Crippen molar-refractivity contribution >= 4 is 38.5 Å². The standard InChI is InChI=1S/C19H20N2O2S2/c1-13-8-14(2)10-16(9-13)21-18-12-25(22,23)11-17(18)20(19(21)24)15-6-4-3-5-7-15/h3-10,17-18H,11-12H2,1-2H3/t17-,18+/m1/s1. The zero-order chi connectivity index (χ0) is 17.8. The minimum Gasteiger partial charge on any atom is -0.312 e. The molecule has 0 aromatic heterocycles. The topological polar surface area (TPSA) is 40.6 Å². The number of para-hydroxylation sites is 1. The minimum atomic E-state index is -3.07. The summed E-state index contributed by atoms with van der Waals surface area (Å²) in [6, 6.07) is 15.8. The van der Waals surface area contributed by atoms with E-state index in [9.17, 15) is 8.42 Å². The number of thiocarbonyl (C=S) groups is 1. The van der Waals surface area contributed by atoms with Gasteiger partial charge in [-0.1, -0.05) is 24.3 Å². The maximum atomic E-state index is 12.3. The molecule has 2 saturated heterocycles. The van der Waals surface area contributed by atoms with Crippen molar-refractivity contribution in [2.75, 3.05) is 21.3 Å². The van der Waals surface area contributed by atoms with Crippen LogP contribution in [0.1, 0.15) is 11.1 Å². The van der Waals surface area contributed by atoms with E-state index in [0.29, 0.717) is 5.11 Å². The summed E-state index contributed by atoms with van der Waals surface area (Å²) in [7, 11) is -3.07. The van der Waals surface area contributed by atoms with Gasteiger partial charge in [0.1, 0.15) is 0 Å². The van der Waals surface area contributed by atoms with E-state index >= 15 is 0 Å². The Labute approximate surface area is 154 Å². The molecule has 2 fully saturated rings. The molecule has 0 saturated carbocycles. The molecule has 0 amide bonds. The van der Waals surface area contributed by atoms with Crippen LogP contribution in [0, 0.1) is 13.8 Å². The van der Waals surface area contributed by atoms with Crippen LogP contribution in [0.4, 0.5) is 11.4 Å². The van der Waals surface area contributed by atoms with Crippen LogP contribution in [0.25, 0.3) is 0 Å². The molecule has 2 aromatic rings. The van der Waals surface area contributed by atoms with Gasteiger partial charge in [-0.2, -0.15) is 0 Å². The molecule has 0 spiro atoms. The molecule has 2 aliphatic heterocycles. The summed E-state index contributed by atoms with van der Waals surface area (Å²) in [6.07, 6.45) is 0. The molecule has 0 unspecified atom stereocenters. The maximum absolute atomic E-state index is 12.3. The highest BCUT2D eigenvalue weighted by atomic mass is 32.2. The Hall–Kier alpha value is -1.92. The van der Waals surface area contributed by atoms with Gasteiger partial charge in [0, 0.05) is 11.4 Å². The lowest BCUT2D eigenvalue weighted by atomic mass is 10.1. The third kappa shape index (κ3) is 2.83. The number of hydrogen-bond acceptors (Lipinski definition) is 3. The molecule has 0 N–H and O–H groups in total. The Kier molecular flexibility index (Phi) is 3.85. The lowest BCUT2D eigenvalue weighted by Gasteiger charge is -2.26. The average molecular weight is 373 g/mol. The van der Waals surface area contributed by atoms with Gasteiger partial charge in [0.05, 0.1) is 23.6 Å². The molecule has 2 aromatic carbocycles. The first-order valence-electron chi connectivity index (χ1n) is 8.32. The Morgan fingerprint density at radius 1 is 0.880 bits per heavy atom. The van der Waals surface area contributed by atoms with E-state index in [1.165, 1.54) is 0 Å². The molecule has 2 heterocycles. The number of benzene rings is 2. The lowest BCUT2D eigenvalue weighted by Crippen LogP contribution is -2.37. The Bertz CT molecular complexity index is 921. The van der Waals surface area contributed by atoms with Crippen molar-refractivity contribution in [1.82, 2.24) is 0 Å². The SMILES string of the molecule is Cc1cc(C)cc(N2C(=S)N(c3ccccc3)[C@@H]3CS(=O)(=O)C[C@@H]32)c1. The second kappa shape index (κ2) is 5.81. The van der Waals surface area contributed by atoms with Crippen LogP contribution in [-0.2, 0) is 9.84 Å². The molecule has 2 atom stereocenters. The van der Waals surface area contributed by atoms with Crippen LogP contribution in [0.3, 0.4) is 0 Å². The van der Waals surface area contributed by atoms with Gasteiger partial charge in [0.15, 0.2) is 14.9 Å². The molecule has 4 rings (SSSR count). The van der Waals surface area contributed by atoms with Crippen molar-refractivity contribution in [2.45, 2.75) is 25.9 Å². The molecule has 130 valence electrons. The van der Waals surface area contributed by atoms with E-state index < -0.39 is 9.84 Å². The Balaban J connectivity index is 1.83. The molecular weight excluding hydrogens is 352 g/mol. The van der Waals surface area contributed by atoms with Gasteiger partial charge in [-0.25, -0.2) is 8.42 Å². The van der Waals surface area contributed by atoms with Crippen molar-refractivity contribution in [3.63, 3.8) is 0 Å². The van der Waals surface area contributed by atoms with E-state index in [1.807, 2.05) is 54.0 Å². The van der Waals surface area contributed by atoms with Gasteiger partial charge in [-0.15, -0.1) is 0 Å². The van der Waals surface area contributed by atoms with Crippen molar-refractivity contribution in [2.24, 2.45) is 0 Å². The molecule has 6 heteroatoms. The Morgan fingerprint density at radius 3 is 1.96 bits per heavy atom. The summed E-state index contributed by atoms with van der Waals surface area (Å²) >= 11 is 5.80. The summed E-state index contributed by atoms with van der Waals surface area (Å²) in [5.74, 6) is 0.294.